The van der Waals surface area contributed by atoms with Crippen LogP contribution in [0.1, 0.15) is 20.8 Å². The number of benzene rings is 2. The van der Waals surface area contributed by atoms with Crippen LogP contribution in [0, 0.1) is 0 Å². The molecule has 9 nitrogen and oxygen atoms in total. The van der Waals surface area contributed by atoms with Gasteiger partial charge < -0.3 is 14.8 Å². The average molecular weight is 380 g/mol. The summed E-state index contributed by atoms with van der Waals surface area (Å²) in [7, 11) is 1.28. The van der Waals surface area contributed by atoms with E-state index in [-0.39, 0.29) is 5.69 Å². The molecule has 2 aromatic carbocycles. The zero-order valence-electron chi connectivity index (χ0n) is 14.8. The number of aromatic amines is 1. The first-order chi connectivity index (χ1) is 13.6. The number of ether oxygens (including phenoxy) is 2. The largest absolute Gasteiger partial charge is 0.465 e. The zero-order valence-corrected chi connectivity index (χ0v) is 14.8. The molecule has 2 N–H and O–H groups in total. The first-order valence-electron chi connectivity index (χ1n) is 8.20. The van der Waals surface area contributed by atoms with E-state index in [1.165, 1.54) is 31.4 Å². The van der Waals surface area contributed by atoms with E-state index in [1.807, 2.05) is 6.07 Å². The molecule has 1 aromatic heterocycles. The minimum Gasteiger partial charge on any atom is -0.465 e. The van der Waals surface area contributed by atoms with E-state index in [4.69, 9.17) is 4.74 Å². The van der Waals surface area contributed by atoms with Gasteiger partial charge in [0.15, 0.2) is 12.3 Å². The SMILES string of the molecule is COC(=O)c1ccc(NC(=O)COC(=O)c2n[nH]nc2-c2ccccc2)cc1. The average Bonchev–Trinajstić information content (AvgIpc) is 3.22. The second-order valence-corrected chi connectivity index (χ2v) is 5.58. The molecule has 0 aliphatic rings. The summed E-state index contributed by atoms with van der Waals surface area (Å²) in [6, 6.07) is 15.1. The Hall–Kier alpha value is -4.01. The highest BCUT2D eigenvalue weighted by Crippen LogP contribution is 2.19. The first-order valence-corrected chi connectivity index (χ1v) is 8.20. The summed E-state index contributed by atoms with van der Waals surface area (Å²) in [6.07, 6.45) is 0. The van der Waals surface area contributed by atoms with Crippen LogP contribution in [-0.2, 0) is 14.3 Å². The van der Waals surface area contributed by atoms with E-state index in [2.05, 4.69) is 25.5 Å². The lowest BCUT2D eigenvalue weighted by Crippen LogP contribution is -2.21. The predicted molar refractivity (Wildman–Crippen MR) is 98.5 cm³/mol. The fraction of sp³-hybridized carbons (Fsp3) is 0.105. The van der Waals surface area contributed by atoms with Crippen molar-refractivity contribution >= 4 is 23.5 Å². The number of carbonyl (C=O) groups is 3. The molecule has 0 radical (unpaired) electrons. The molecule has 0 fully saturated rings. The van der Waals surface area contributed by atoms with Gasteiger partial charge in [0.25, 0.3) is 5.91 Å². The Bertz CT molecular complexity index is 983. The van der Waals surface area contributed by atoms with Gasteiger partial charge in [-0.1, -0.05) is 30.3 Å². The van der Waals surface area contributed by atoms with Gasteiger partial charge in [-0.3, -0.25) is 4.79 Å². The number of esters is 2. The van der Waals surface area contributed by atoms with Crippen LogP contribution in [0.4, 0.5) is 5.69 Å². The second-order valence-electron chi connectivity index (χ2n) is 5.58. The molecular formula is C19H16N4O5. The van der Waals surface area contributed by atoms with Crippen LogP contribution in [0.25, 0.3) is 11.3 Å². The van der Waals surface area contributed by atoms with Crippen molar-refractivity contribution in [3.8, 4) is 11.3 Å². The van der Waals surface area contributed by atoms with E-state index in [9.17, 15) is 14.4 Å². The van der Waals surface area contributed by atoms with E-state index in [1.54, 1.807) is 24.3 Å². The molecule has 28 heavy (non-hydrogen) atoms. The molecule has 0 saturated carbocycles. The quantitative estimate of drug-likeness (QED) is 0.627. The molecule has 0 bridgehead atoms. The van der Waals surface area contributed by atoms with Crippen LogP contribution in [0.2, 0.25) is 0 Å². The van der Waals surface area contributed by atoms with Crippen molar-refractivity contribution < 1.29 is 23.9 Å². The smallest absolute Gasteiger partial charge is 0.361 e. The highest BCUT2D eigenvalue weighted by Gasteiger charge is 2.20. The van der Waals surface area contributed by atoms with Gasteiger partial charge in [-0.05, 0) is 24.3 Å². The van der Waals surface area contributed by atoms with Crippen molar-refractivity contribution in [2.24, 2.45) is 0 Å². The summed E-state index contributed by atoms with van der Waals surface area (Å²) in [5.74, 6) is -1.79. The minimum atomic E-state index is -0.774. The van der Waals surface area contributed by atoms with Crippen molar-refractivity contribution in [3.05, 3.63) is 65.9 Å². The van der Waals surface area contributed by atoms with Gasteiger partial charge in [-0.25, -0.2) is 9.59 Å². The van der Waals surface area contributed by atoms with Gasteiger partial charge in [-0.2, -0.15) is 10.3 Å². The number of hydrogen-bond donors (Lipinski definition) is 2. The molecule has 9 heteroatoms. The Morgan fingerprint density at radius 3 is 2.36 bits per heavy atom. The third-order valence-corrected chi connectivity index (χ3v) is 3.71. The normalized spacial score (nSPS) is 10.2. The Kier molecular flexibility index (Phi) is 5.75. The standard InChI is InChI=1S/C19H16N4O5/c1-27-18(25)13-7-9-14(10-8-13)20-15(24)11-28-19(26)17-16(21-23-22-17)12-5-3-2-4-6-12/h2-10H,11H2,1H3,(H,20,24)(H,21,22,23). The summed E-state index contributed by atoms with van der Waals surface area (Å²) in [6.45, 7) is -0.501. The third-order valence-electron chi connectivity index (χ3n) is 3.71. The number of methoxy groups -OCH3 is 1. The monoisotopic (exact) mass is 380 g/mol. The minimum absolute atomic E-state index is 0.0126. The Morgan fingerprint density at radius 2 is 1.68 bits per heavy atom. The number of hydrogen-bond acceptors (Lipinski definition) is 7. The van der Waals surface area contributed by atoms with Crippen LogP contribution in [0.5, 0.6) is 0 Å². The molecule has 0 saturated heterocycles. The lowest BCUT2D eigenvalue weighted by molar-refractivity contribution is -0.119. The fourth-order valence-corrected chi connectivity index (χ4v) is 2.37. The van der Waals surface area contributed by atoms with E-state index < -0.39 is 24.5 Å². The molecule has 1 heterocycles. The summed E-state index contributed by atoms with van der Waals surface area (Å²) >= 11 is 0. The number of nitrogens with zero attached hydrogens (tertiary/aromatic N) is 2. The van der Waals surface area contributed by atoms with Gasteiger partial charge >= 0.3 is 11.9 Å². The summed E-state index contributed by atoms with van der Waals surface area (Å²) < 4.78 is 9.62. The van der Waals surface area contributed by atoms with Crippen LogP contribution in [0.15, 0.2) is 54.6 Å². The lowest BCUT2D eigenvalue weighted by Gasteiger charge is -2.07. The molecule has 3 rings (SSSR count). The van der Waals surface area contributed by atoms with Crippen molar-refractivity contribution in [1.82, 2.24) is 15.4 Å². The van der Waals surface area contributed by atoms with E-state index in [0.29, 0.717) is 22.5 Å². The molecular weight excluding hydrogens is 364 g/mol. The third kappa shape index (κ3) is 4.39. The van der Waals surface area contributed by atoms with Gasteiger partial charge in [0.2, 0.25) is 0 Å². The van der Waals surface area contributed by atoms with Gasteiger partial charge in [-0.15, -0.1) is 5.10 Å². The van der Waals surface area contributed by atoms with E-state index >= 15 is 0 Å². The number of amides is 1. The molecule has 0 aliphatic heterocycles. The molecule has 0 atom stereocenters. The van der Waals surface area contributed by atoms with Crippen LogP contribution in [-0.4, -0.2) is 47.0 Å². The lowest BCUT2D eigenvalue weighted by atomic mass is 10.1. The van der Waals surface area contributed by atoms with Gasteiger partial charge in [0.1, 0.15) is 5.69 Å². The number of aromatic nitrogens is 3. The van der Waals surface area contributed by atoms with Gasteiger partial charge in [0, 0.05) is 11.3 Å². The summed E-state index contributed by atoms with van der Waals surface area (Å²) in [5.41, 5.74) is 1.82. The van der Waals surface area contributed by atoms with Crippen LogP contribution in [0.3, 0.4) is 0 Å². The fourth-order valence-electron chi connectivity index (χ4n) is 2.37. The number of anilines is 1. The highest BCUT2D eigenvalue weighted by molar-refractivity contribution is 5.97. The number of H-pyrrole nitrogens is 1. The predicted octanol–water partition coefficient (Wildman–Crippen LogP) is 2.05. The Labute approximate surface area is 159 Å². The van der Waals surface area contributed by atoms with Crippen LogP contribution >= 0.6 is 0 Å². The summed E-state index contributed by atoms with van der Waals surface area (Å²) in [4.78, 5) is 35.6. The molecule has 0 aliphatic carbocycles. The molecule has 142 valence electrons. The Balaban J connectivity index is 1.57. The van der Waals surface area contributed by atoms with Crippen molar-refractivity contribution in [2.75, 3.05) is 19.0 Å². The first kappa shape index (κ1) is 18.8. The molecule has 0 spiro atoms. The highest BCUT2D eigenvalue weighted by atomic mass is 16.5. The molecule has 3 aromatic rings. The summed E-state index contributed by atoms with van der Waals surface area (Å²) in [5, 5.41) is 12.7. The van der Waals surface area contributed by atoms with Crippen molar-refractivity contribution in [3.63, 3.8) is 0 Å². The maximum Gasteiger partial charge on any atom is 0.361 e. The Morgan fingerprint density at radius 1 is 0.964 bits per heavy atom. The van der Waals surface area contributed by atoms with E-state index in [0.717, 1.165) is 0 Å². The second kappa shape index (κ2) is 8.58. The zero-order chi connectivity index (χ0) is 19.9. The number of carbonyl (C=O) groups excluding carboxylic acids is 3. The topological polar surface area (TPSA) is 123 Å². The van der Waals surface area contributed by atoms with Crippen molar-refractivity contribution in [2.45, 2.75) is 0 Å². The maximum atomic E-state index is 12.2. The maximum absolute atomic E-state index is 12.2. The number of rotatable bonds is 6. The molecule has 0 unspecified atom stereocenters. The van der Waals surface area contributed by atoms with Crippen LogP contribution < -0.4 is 5.32 Å². The van der Waals surface area contributed by atoms with Gasteiger partial charge in [0.05, 0.1) is 12.7 Å². The molecule has 1 amide bonds. The van der Waals surface area contributed by atoms with Crippen molar-refractivity contribution in [1.29, 1.82) is 0 Å². The number of nitrogens with one attached hydrogen (secondary N) is 2.